The first-order valence-electron chi connectivity index (χ1n) is 18.6. The standard InChI is InChI=1S/C39H48N12O5S/c1-5-49(6-2)30-17-19-33(47-45-28-13-10-9-11-14-28)35(26-30)40-37-42-38(44-39(43-37)51(21-23-52)22-24-53)41-36-27-31(50(7-3)8-4)18-20-34(36)48-46-29-15-12-16-32(25-29)57(54,55)56/h9-20,25-27,52-53H,5-8,21-24H2,1-4H3,(H,54,55,56)(H2,40,41,42,43,44)/b47-45+,48-46+. The van der Waals surface area contributed by atoms with Crippen molar-refractivity contribution in [2.45, 2.75) is 32.6 Å². The third-order valence-corrected chi connectivity index (χ3v) is 9.62. The highest BCUT2D eigenvalue weighted by atomic mass is 32.2. The van der Waals surface area contributed by atoms with Crippen LogP contribution in [0.2, 0.25) is 0 Å². The third kappa shape index (κ3) is 11.5. The second-order valence-corrected chi connectivity index (χ2v) is 13.8. The van der Waals surface area contributed by atoms with Crippen LogP contribution in [0.3, 0.4) is 0 Å². The summed E-state index contributed by atoms with van der Waals surface area (Å²) in [6.45, 7) is 11.1. The average Bonchev–Trinajstić information content (AvgIpc) is 3.21. The number of nitrogens with one attached hydrogen (secondary N) is 2. The number of azo groups is 2. The molecule has 0 aliphatic carbocycles. The van der Waals surface area contributed by atoms with Gasteiger partial charge in [0, 0.05) is 50.6 Å². The number of nitrogens with zero attached hydrogens (tertiary/aromatic N) is 10. The highest BCUT2D eigenvalue weighted by Crippen LogP contribution is 2.36. The van der Waals surface area contributed by atoms with Crippen LogP contribution in [0.15, 0.2) is 116 Å². The molecule has 18 heteroatoms. The number of aliphatic hydroxyl groups is 2. The molecule has 0 radical (unpaired) electrons. The Bertz CT molecular complexity index is 2250. The molecule has 5 aromatic rings. The zero-order valence-corrected chi connectivity index (χ0v) is 33.2. The molecule has 0 bridgehead atoms. The Morgan fingerprint density at radius 2 is 1.07 bits per heavy atom. The predicted molar refractivity (Wildman–Crippen MR) is 224 cm³/mol. The Labute approximate surface area is 332 Å². The molecule has 4 aromatic carbocycles. The fourth-order valence-corrected chi connectivity index (χ4v) is 6.35. The summed E-state index contributed by atoms with van der Waals surface area (Å²) in [5.41, 5.74) is 4.65. The fourth-order valence-electron chi connectivity index (χ4n) is 5.83. The molecule has 17 nitrogen and oxygen atoms in total. The fraction of sp³-hybridized carbons (Fsp3) is 0.308. The minimum absolute atomic E-state index is 0.109. The van der Waals surface area contributed by atoms with Crippen LogP contribution in [-0.4, -0.2) is 90.6 Å². The van der Waals surface area contributed by atoms with E-state index in [-0.39, 0.29) is 54.7 Å². The zero-order valence-electron chi connectivity index (χ0n) is 32.4. The van der Waals surface area contributed by atoms with Gasteiger partial charge >= 0.3 is 0 Å². The van der Waals surface area contributed by atoms with Crippen LogP contribution < -0.4 is 25.3 Å². The molecule has 57 heavy (non-hydrogen) atoms. The molecule has 1 aromatic heterocycles. The number of rotatable bonds is 20. The summed E-state index contributed by atoms with van der Waals surface area (Å²) in [5, 5.41) is 44.1. The molecule has 0 atom stereocenters. The Balaban J connectivity index is 1.62. The Morgan fingerprint density at radius 3 is 1.54 bits per heavy atom. The maximum Gasteiger partial charge on any atom is 0.294 e. The molecule has 300 valence electrons. The largest absolute Gasteiger partial charge is 0.395 e. The molecule has 1 heterocycles. The molecule has 0 aliphatic heterocycles. The first-order chi connectivity index (χ1) is 27.6. The minimum atomic E-state index is -4.45. The van der Waals surface area contributed by atoms with E-state index >= 15 is 0 Å². The number of anilines is 7. The lowest BCUT2D eigenvalue weighted by molar-refractivity contribution is 0.280. The van der Waals surface area contributed by atoms with Crippen LogP contribution in [0.4, 0.5) is 63.3 Å². The van der Waals surface area contributed by atoms with E-state index < -0.39 is 10.1 Å². The van der Waals surface area contributed by atoms with Gasteiger partial charge in [-0.15, -0.1) is 10.2 Å². The number of benzene rings is 4. The van der Waals surface area contributed by atoms with E-state index in [1.807, 2.05) is 74.5 Å². The number of aromatic nitrogens is 3. The number of hydrogen-bond donors (Lipinski definition) is 5. The second-order valence-electron chi connectivity index (χ2n) is 12.4. The lowest BCUT2D eigenvalue weighted by Crippen LogP contribution is -2.31. The van der Waals surface area contributed by atoms with Crippen LogP contribution in [0.5, 0.6) is 0 Å². The summed E-state index contributed by atoms with van der Waals surface area (Å²) in [6, 6.07) is 26.2. The third-order valence-electron chi connectivity index (χ3n) is 8.77. The molecule has 0 amide bonds. The van der Waals surface area contributed by atoms with Crippen molar-refractivity contribution >= 4 is 73.5 Å². The van der Waals surface area contributed by atoms with Crippen LogP contribution in [0, 0.1) is 0 Å². The van der Waals surface area contributed by atoms with Gasteiger partial charge in [0.05, 0.1) is 40.9 Å². The van der Waals surface area contributed by atoms with E-state index in [0.29, 0.717) is 28.4 Å². The van der Waals surface area contributed by atoms with Gasteiger partial charge in [0.25, 0.3) is 10.1 Å². The molecule has 0 saturated heterocycles. The monoisotopic (exact) mass is 796 g/mol. The molecule has 0 saturated carbocycles. The van der Waals surface area contributed by atoms with Gasteiger partial charge in [-0.2, -0.15) is 33.6 Å². The van der Waals surface area contributed by atoms with Crippen LogP contribution in [0.1, 0.15) is 27.7 Å². The van der Waals surface area contributed by atoms with E-state index in [2.05, 4.69) is 54.7 Å². The summed E-state index contributed by atoms with van der Waals surface area (Å²) >= 11 is 0. The summed E-state index contributed by atoms with van der Waals surface area (Å²) in [5.74, 6) is 0.425. The van der Waals surface area contributed by atoms with Crippen molar-refractivity contribution in [2.75, 3.05) is 77.8 Å². The van der Waals surface area contributed by atoms with Crippen LogP contribution >= 0.6 is 0 Å². The quantitative estimate of drug-likeness (QED) is 0.0374. The highest BCUT2D eigenvalue weighted by molar-refractivity contribution is 7.85. The van der Waals surface area contributed by atoms with Crippen molar-refractivity contribution in [3.63, 3.8) is 0 Å². The molecular formula is C39H48N12O5S. The zero-order chi connectivity index (χ0) is 40.8. The lowest BCUT2D eigenvalue weighted by atomic mass is 10.2. The van der Waals surface area contributed by atoms with E-state index in [0.717, 1.165) is 37.6 Å². The van der Waals surface area contributed by atoms with Gasteiger partial charge in [0.15, 0.2) is 0 Å². The predicted octanol–water partition coefficient (Wildman–Crippen LogP) is 7.92. The average molecular weight is 797 g/mol. The van der Waals surface area contributed by atoms with Gasteiger partial charge in [-0.1, -0.05) is 24.3 Å². The first-order valence-corrected chi connectivity index (χ1v) is 20.0. The normalized spacial score (nSPS) is 11.6. The molecule has 0 aliphatic rings. The molecule has 0 unspecified atom stereocenters. The summed E-state index contributed by atoms with van der Waals surface area (Å²) < 4.78 is 33.1. The number of hydrogen-bond acceptors (Lipinski definition) is 16. The van der Waals surface area contributed by atoms with Crippen molar-refractivity contribution < 1.29 is 23.2 Å². The van der Waals surface area contributed by atoms with Gasteiger partial charge in [-0.25, -0.2) is 0 Å². The highest BCUT2D eigenvalue weighted by Gasteiger charge is 2.18. The van der Waals surface area contributed by atoms with Crippen molar-refractivity contribution in [2.24, 2.45) is 20.5 Å². The molecule has 5 N–H and O–H groups in total. The number of aliphatic hydroxyl groups excluding tert-OH is 2. The van der Waals surface area contributed by atoms with Gasteiger partial charge in [-0.05, 0) is 94.4 Å². The summed E-state index contributed by atoms with van der Waals surface area (Å²) in [6.07, 6.45) is 0. The van der Waals surface area contributed by atoms with Crippen molar-refractivity contribution in [3.8, 4) is 0 Å². The van der Waals surface area contributed by atoms with Crippen molar-refractivity contribution in [1.29, 1.82) is 0 Å². The topological polar surface area (TPSA) is 217 Å². The maximum absolute atomic E-state index is 11.8. The smallest absolute Gasteiger partial charge is 0.294 e. The lowest BCUT2D eigenvalue weighted by Gasteiger charge is -2.24. The van der Waals surface area contributed by atoms with E-state index in [1.54, 1.807) is 17.0 Å². The summed E-state index contributed by atoms with van der Waals surface area (Å²) in [4.78, 5) is 19.8. The van der Waals surface area contributed by atoms with E-state index in [9.17, 15) is 23.2 Å². The van der Waals surface area contributed by atoms with E-state index in [4.69, 9.17) is 15.0 Å². The van der Waals surface area contributed by atoms with Crippen LogP contribution in [-0.2, 0) is 10.1 Å². The van der Waals surface area contributed by atoms with E-state index in [1.165, 1.54) is 18.2 Å². The van der Waals surface area contributed by atoms with Gasteiger partial charge in [-0.3, -0.25) is 4.55 Å². The molecule has 0 fully saturated rings. The van der Waals surface area contributed by atoms with Gasteiger partial charge in [0.2, 0.25) is 17.8 Å². The first kappa shape index (κ1) is 42.1. The molecular weight excluding hydrogens is 749 g/mol. The Hall–Kier alpha value is -6.08. The Kier molecular flexibility index (Phi) is 14.9. The second kappa shape index (κ2) is 20.2. The van der Waals surface area contributed by atoms with Gasteiger partial charge in [0.1, 0.15) is 11.4 Å². The van der Waals surface area contributed by atoms with Crippen molar-refractivity contribution in [3.05, 3.63) is 91.0 Å². The van der Waals surface area contributed by atoms with Crippen molar-refractivity contribution in [1.82, 2.24) is 15.0 Å². The summed E-state index contributed by atoms with van der Waals surface area (Å²) in [7, 11) is -4.45. The van der Waals surface area contributed by atoms with Gasteiger partial charge < -0.3 is 35.5 Å². The maximum atomic E-state index is 11.8. The van der Waals surface area contributed by atoms with Crippen LogP contribution in [0.25, 0.3) is 0 Å². The Morgan fingerprint density at radius 1 is 0.579 bits per heavy atom. The minimum Gasteiger partial charge on any atom is -0.395 e. The molecule has 5 rings (SSSR count). The molecule has 0 spiro atoms. The SMILES string of the molecule is CCN(CC)c1ccc(/N=N/c2ccccc2)c(Nc2nc(Nc3cc(N(CC)CC)ccc3/N=N/c3cccc(S(=O)(=O)O)c3)nc(N(CCO)CCO)n2)c1.